The van der Waals surface area contributed by atoms with Crippen molar-refractivity contribution in [2.24, 2.45) is 0 Å². The van der Waals surface area contributed by atoms with Crippen LogP contribution in [0.3, 0.4) is 0 Å². The topological polar surface area (TPSA) is 52.1 Å². The Labute approximate surface area is 130 Å². The molecule has 0 saturated heterocycles. The number of ketones is 1. The third kappa shape index (κ3) is 3.43. The minimum Gasteiger partial charge on any atom is -0.497 e. The molecule has 0 aliphatic rings. The van der Waals surface area contributed by atoms with Gasteiger partial charge in [0.2, 0.25) is 0 Å². The van der Waals surface area contributed by atoms with Crippen LogP contribution in [0.4, 0.5) is 0 Å². The number of hydrogen-bond donors (Lipinski definition) is 0. The highest BCUT2D eigenvalue weighted by Crippen LogP contribution is 2.25. The molecule has 4 nitrogen and oxygen atoms in total. The Kier molecular flexibility index (Phi) is 5.25. The van der Waals surface area contributed by atoms with Crippen molar-refractivity contribution in [3.05, 3.63) is 38.8 Å². The number of nitrogens with zero attached hydrogens (tertiary/aromatic N) is 2. The van der Waals surface area contributed by atoms with Crippen molar-refractivity contribution >= 4 is 33.2 Å². The van der Waals surface area contributed by atoms with E-state index in [2.05, 4.69) is 32.4 Å². The average molecular weight is 355 g/mol. The number of rotatable bonds is 6. The van der Waals surface area contributed by atoms with E-state index in [1.165, 1.54) is 11.5 Å². The van der Waals surface area contributed by atoms with Crippen LogP contribution in [0.15, 0.2) is 22.7 Å². The number of Topliss-reactive ketones (excluding diaryl/α,β-unsaturated/α-hetero) is 1. The van der Waals surface area contributed by atoms with Crippen molar-refractivity contribution in [3.8, 4) is 5.75 Å². The zero-order chi connectivity index (χ0) is 14.5. The summed E-state index contributed by atoms with van der Waals surface area (Å²) in [4.78, 5) is 13.1. The Hall–Kier alpha value is -1.27. The second-order valence-corrected chi connectivity index (χ2v) is 5.96. The minimum absolute atomic E-state index is 0.0532. The predicted molar refractivity (Wildman–Crippen MR) is 82.6 cm³/mol. The number of ether oxygens (including phenoxy) is 1. The van der Waals surface area contributed by atoms with Crippen molar-refractivity contribution in [2.75, 3.05) is 7.11 Å². The maximum Gasteiger partial charge on any atom is 0.180 e. The number of halogens is 1. The van der Waals surface area contributed by atoms with E-state index in [1.807, 2.05) is 18.2 Å². The lowest BCUT2D eigenvalue weighted by atomic mass is 10.1. The van der Waals surface area contributed by atoms with Crippen LogP contribution in [0.2, 0.25) is 0 Å². The van der Waals surface area contributed by atoms with Gasteiger partial charge in [-0.3, -0.25) is 4.79 Å². The lowest BCUT2D eigenvalue weighted by molar-refractivity contribution is 0.0995. The van der Waals surface area contributed by atoms with E-state index in [-0.39, 0.29) is 5.78 Å². The van der Waals surface area contributed by atoms with Gasteiger partial charge < -0.3 is 4.74 Å². The molecule has 0 N–H and O–H groups in total. The van der Waals surface area contributed by atoms with Crippen molar-refractivity contribution in [1.29, 1.82) is 0 Å². The highest BCUT2D eigenvalue weighted by atomic mass is 79.9. The number of carbonyl (C=O) groups excluding carboxylic acids is 1. The molecule has 0 fully saturated rings. The fourth-order valence-electron chi connectivity index (χ4n) is 1.89. The van der Waals surface area contributed by atoms with Crippen LogP contribution in [0.25, 0.3) is 0 Å². The summed E-state index contributed by atoms with van der Waals surface area (Å²) in [5, 5.41) is 4.04. The Balaban J connectivity index is 2.21. The van der Waals surface area contributed by atoms with E-state index < -0.39 is 0 Å². The molecule has 0 radical (unpaired) electrons. The highest BCUT2D eigenvalue weighted by Gasteiger charge is 2.17. The fourth-order valence-corrected chi connectivity index (χ4v) is 2.92. The summed E-state index contributed by atoms with van der Waals surface area (Å²) in [6, 6.07) is 5.62. The van der Waals surface area contributed by atoms with Crippen molar-refractivity contribution in [2.45, 2.75) is 26.2 Å². The smallest absolute Gasteiger partial charge is 0.180 e. The zero-order valence-electron chi connectivity index (χ0n) is 11.4. The van der Waals surface area contributed by atoms with Gasteiger partial charge in [0, 0.05) is 10.9 Å². The lowest BCUT2D eigenvalue weighted by Crippen LogP contribution is -2.05. The number of aryl methyl sites for hydroxylation is 1. The van der Waals surface area contributed by atoms with E-state index in [1.54, 1.807) is 7.11 Å². The van der Waals surface area contributed by atoms with Crippen molar-refractivity contribution in [1.82, 2.24) is 9.59 Å². The summed E-state index contributed by atoms with van der Waals surface area (Å²) < 4.78 is 9.99. The molecule has 0 aliphatic carbocycles. The van der Waals surface area contributed by atoms with Gasteiger partial charge in [0.15, 0.2) is 5.78 Å². The van der Waals surface area contributed by atoms with Crippen molar-refractivity contribution < 1.29 is 9.53 Å². The first-order valence-electron chi connectivity index (χ1n) is 6.32. The number of carbonyl (C=O) groups is 1. The van der Waals surface area contributed by atoms with E-state index in [4.69, 9.17) is 4.74 Å². The maximum atomic E-state index is 12.4. The first-order valence-corrected chi connectivity index (χ1v) is 7.89. The van der Waals surface area contributed by atoms with Crippen LogP contribution in [0.5, 0.6) is 5.75 Å². The van der Waals surface area contributed by atoms with Gasteiger partial charge in [0.25, 0.3) is 0 Å². The van der Waals surface area contributed by atoms with Gasteiger partial charge in [-0.2, -0.15) is 0 Å². The molecule has 106 valence electrons. The number of benzene rings is 1. The quantitative estimate of drug-likeness (QED) is 0.742. The predicted octanol–water partition coefficient (Wildman–Crippen LogP) is 3.69. The monoisotopic (exact) mass is 354 g/mol. The SMILES string of the molecule is CCCc1nnsc1C(=O)Cc1cc(OC)ccc1Br. The standard InChI is InChI=1S/C14H15BrN2O2S/c1-3-4-12-14(20-17-16-12)13(18)8-9-7-10(19-2)5-6-11(9)15/h5-7H,3-4,8H2,1-2H3. The van der Waals surface area contributed by atoms with E-state index in [9.17, 15) is 4.79 Å². The molecule has 0 atom stereocenters. The lowest BCUT2D eigenvalue weighted by Gasteiger charge is -2.06. The van der Waals surface area contributed by atoms with Gasteiger partial charge in [0.1, 0.15) is 10.6 Å². The van der Waals surface area contributed by atoms with Gasteiger partial charge in [-0.05, 0) is 41.7 Å². The number of aromatic nitrogens is 2. The van der Waals surface area contributed by atoms with Gasteiger partial charge in [-0.25, -0.2) is 0 Å². The molecule has 0 bridgehead atoms. The summed E-state index contributed by atoms with van der Waals surface area (Å²) in [6.45, 7) is 2.06. The van der Waals surface area contributed by atoms with Crippen LogP contribution < -0.4 is 4.74 Å². The largest absolute Gasteiger partial charge is 0.497 e. The molecule has 20 heavy (non-hydrogen) atoms. The molecular formula is C14H15BrN2O2S. The number of hydrogen-bond acceptors (Lipinski definition) is 5. The second kappa shape index (κ2) is 6.95. The van der Waals surface area contributed by atoms with E-state index in [0.29, 0.717) is 11.3 Å². The van der Waals surface area contributed by atoms with Crippen LogP contribution in [-0.4, -0.2) is 22.5 Å². The Bertz CT molecular complexity index is 613. The van der Waals surface area contributed by atoms with E-state index in [0.717, 1.165) is 34.3 Å². The maximum absolute atomic E-state index is 12.4. The van der Waals surface area contributed by atoms with Gasteiger partial charge in [-0.15, -0.1) is 5.10 Å². The van der Waals surface area contributed by atoms with Crippen LogP contribution in [-0.2, 0) is 12.8 Å². The van der Waals surface area contributed by atoms with Gasteiger partial charge in [-0.1, -0.05) is 33.8 Å². The molecule has 0 unspecified atom stereocenters. The summed E-state index contributed by atoms with van der Waals surface area (Å²) in [6.07, 6.45) is 2.06. The molecule has 2 rings (SSSR count). The number of methoxy groups -OCH3 is 1. The molecule has 1 aromatic carbocycles. The normalized spacial score (nSPS) is 10.6. The molecule has 0 saturated carbocycles. The third-order valence-corrected chi connectivity index (χ3v) is 4.48. The second-order valence-electron chi connectivity index (χ2n) is 4.36. The van der Waals surface area contributed by atoms with Gasteiger partial charge >= 0.3 is 0 Å². The molecule has 1 heterocycles. The fraction of sp³-hybridized carbons (Fsp3) is 0.357. The summed E-state index contributed by atoms with van der Waals surface area (Å²) in [5.41, 5.74) is 1.71. The van der Waals surface area contributed by atoms with Crippen molar-refractivity contribution in [3.63, 3.8) is 0 Å². The molecule has 0 amide bonds. The summed E-state index contributed by atoms with van der Waals surface area (Å²) in [7, 11) is 1.61. The third-order valence-electron chi connectivity index (χ3n) is 2.90. The zero-order valence-corrected chi connectivity index (χ0v) is 13.8. The highest BCUT2D eigenvalue weighted by molar-refractivity contribution is 9.10. The first kappa shape index (κ1) is 15.1. The molecule has 0 aliphatic heterocycles. The molecule has 2 aromatic rings. The Morgan fingerprint density at radius 2 is 2.25 bits per heavy atom. The summed E-state index contributed by atoms with van der Waals surface area (Å²) >= 11 is 4.64. The minimum atomic E-state index is 0.0532. The first-order chi connectivity index (χ1) is 9.65. The molecular weight excluding hydrogens is 340 g/mol. The average Bonchev–Trinajstić information content (AvgIpc) is 2.90. The Morgan fingerprint density at radius 1 is 1.45 bits per heavy atom. The molecule has 6 heteroatoms. The van der Waals surface area contributed by atoms with Crippen LogP contribution in [0, 0.1) is 0 Å². The van der Waals surface area contributed by atoms with Crippen LogP contribution in [0.1, 0.15) is 34.3 Å². The molecule has 1 aromatic heterocycles. The summed E-state index contributed by atoms with van der Waals surface area (Å²) in [5.74, 6) is 0.796. The molecule has 0 spiro atoms. The van der Waals surface area contributed by atoms with E-state index >= 15 is 0 Å². The Morgan fingerprint density at radius 3 is 2.95 bits per heavy atom. The van der Waals surface area contributed by atoms with Crippen LogP contribution >= 0.6 is 27.5 Å². The van der Waals surface area contributed by atoms with Gasteiger partial charge in [0.05, 0.1) is 12.8 Å².